The van der Waals surface area contributed by atoms with Gasteiger partial charge in [0.2, 0.25) is 0 Å². The highest BCUT2D eigenvalue weighted by Gasteiger charge is 2.11. The van der Waals surface area contributed by atoms with Crippen LogP contribution >= 0.6 is 11.6 Å². The summed E-state index contributed by atoms with van der Waals surface area (Å²) in [6.45, 7) is 0.364. The number of hydrogen-bond acceptors (Lipinski definition) is 4. The van der Waals surface area contributed by atoms with E-state index < -0.39 is 0 Å². The number of nitrogens with zero attached hydrogens (tertiary/aromatic N) is 2. The van der Waals surface area contributed by atoms with E-state index in [2.05, 4.69) is 20.6 Å². The minimum Gasteiger partial charge on any atom is -0.348 e. The highest BCUT2D eigenvalue weighted by Crippen LogP contribution is 2.14. The number of hydrogen-bond donors (Lipinski definition) is 2. The normalized spacial score (nSPS) is 10.2. The molecule has 2 N–H and O–H groups in total. The molecule has 0 saturated heterocycles. The van der Waals surface area contributed by atoms with Crippen LogP contribution in [0.25, 0.3) is 0 Å². The van der Waals surface area contributed by atoms with E-state index in [0.717, 1.165) is 5.56 Å². The Morgan fingerprint density at radius 2 is 1.54 bits per heavy atom. The van der Waals surface area contributed by atoms with Gasteiger partial charge in [-0.3, -0.25) is 19.6 Å². The van der Waals surface area contributed by atoms with Crippen molar-refractivity contribution in [2.24, 2.45) is 0 Å². The number of benzene rings is 1. The highest BCUT2D eigenvalue weighted by molar-refractivity contribution is 6.30. The number of nitrogens with one attached hydrogen (secondary N) is 2. The van der Waals surface area contributed by atoms with E-state index in [1.54, 1.807) is 36.7 Å². The predicted molar refractivity (Wildman–Crippen MR) is 99.0 cm³/mol. The van der Waals surface area contributed by atoms with Crippen molar-refractivity contribution in [3.8, 4) is 0 Å². The molecule has 6 nitrogen and oxygen atoms in total. The van der Waals surface area contributed by atoms with Crippen LogP contribution in [0.1, 0.15) is 26.3 Å². The van der Waals surface area contributed by atoms with Crippen LogP contribution in [0.4, 0.5) is 5.69 Å². The summed E-state index contributed by atoms with van der Waals surface area (Å²) < 4.78 is 0. The number of anilines is 1. The first-order valence-electron chi connectivity index (χ1n) is 7.81. The molecule has 0 unspecified atom stereocenters. The van der Waals surface area contributed by atoms with Gasteiger partial charge in [-0.2, -0.15) is 0 Å². The zero-order valence-electron chi connectivity index (χ0n) is 13.6. The standard InChI is InChI=1S/C19H15ClN4O2/c20-16-1-3-17(4-2-16)24-19(26)15-9-14(11-22-12-15)18(25)23-10-13-5-7-21-8-6-13/h1-9,11-12H,10H2,(H,23,25)(H,24,26). The first kappa shape index (κ1) is 17.6. The van der Waals surface area contributed by atoms with Crippen LogP contribution in [0.15, 0.2) is 67.3 Å². The second-order valence-electron chi connectivity index (χ2n) is 5.46. The Bertz CT molecular complexity index is 914. The number of halogens is 1. The Morgan fingerprint density at radius 3 is 2.23 bits per heavy atom. The van der Waals surface area contributed by atoms with Crippen LogP contribution in [-0.4, -0.2) is 21.8 Å². The molecule has 0 bridgehead atoms. The molecule has 3 rings (SSSR count). The lowest BCUT2D eigenvalue weighted by molar-refractivity contribution is 0.0950. The Labute approximate surface area is 155 Å². The predicted octanol–water partition coefficient (Wildman–Crippen LogP) is 3.31. The van der Waals surface area contributed by atoms with Crippen LogP contribution in [-0.2, 0) is 6.54 Å². The van der Waals surface area contributed by atoms with E-state index in [1.165, 1.54) is 18.5 Å². The van der Waals surface area contributed by atoms with Gasteiger partial charge in [0.1, 0.15) is 0 Å². The Balaban J connectivity index is 1.66. The van der Waals surface area contributed by atoms with Crippen molar-refractivity contribution in [2.75, 3.05) is 5.32 Å². The number of amides is 2. The topological polar surface area (TPSA) is 84.0 Å². The van der Waals surface area contributed by atoms with Crippen LogP contribution in [0.3, 0.4) is 0 Å². The summed E-state index contributed by atoms with van der Waals surface area (Å²) in [4.78, 5) is 32.5. The van der Waals surface area contributed by atoms with Crippen molar-refractivity contribution in [1.82, 2.24) is 15.3 Å². The van der Waals surface area contributed by atoms with Crippen molar-refractivity contribution < 1.29 is 9.59 Å². The number of carbonyl (C=O) groups is 2. The summed E-state index contributed by atoms with van der Waals surface area (Å²) in [5.74, 6) is -0.668. The zero-order chi connectivity index (χ0) is 18.4. The lowest BCUT2D eigenvalue weighted by atomic mass is 10.1. The van der Waals surface area contributed by atoms with Crippen molar-refractivity contribution >= 4 is 29.1 Å². The molecule has 3 aromatic rings. The van der Waals surface area contributed by atoms with Crippen molar-refractivity contribution in [3.63, 3.8) is 0 Å². The van der Waals surface area contributed by atoms with E-state index in [9.17, 15) is 9.59 Å². The third-order valence-corrected chi connectivity index (χ3v) is 3.82. The highest BCUT2D eigenvalue weighted by atomic mass is 35.5. The number of carbonyl (C=O) groups excluding carboxylic acids is 2. The summed E-state index contributed by atoms with van der Waals surface area (Å²) in [6.07, 6.45) is 6.14. The van der Waals surface area contributed by atoms with E-state index in [-0.39, 0.29) is 17.4 Å². The maximum absolute atomic E-state index is 12.3. The Hall–Kier alpha value is -3.25. The summed E-state index contributed by atoms with van der Waals surface area (Å²) in [7, 11) is 0. The van der Waals surface area contributed by atoms with Gasteiger partial charge in [-0.15, -0.1) is 0 Å². The van der Waals surface area contributed by atoms with Gasteiger partial charge in [0.25, 0.3) is 11.8 Å². The third kappa shape index (κ3) is 4.64. The Kier molecular flexibility index (Phi) is 5.56. The molecular weight excluding hydrogens is 352 g/mol. The van der Waals surface area contributed by atoms with Gasteiger partial charge < -0.3 is 10.6 Å². The summed E-state index contributed by atoms with van der Waals surface area (Å²) in [6, 6.07) is 11.9. The molecule has 26 heavy (non-hydrogen) atoms. The molecule has 0 aliphatic rings. The number of pyridine rings is 2. The molecule has 0 fully saturated rings. The molecule has 1 aromatic carbocycles. The van der Waals surface area contributed by atoms with Crippen LogP contribution in [0.2, 0.25) is 5.02 Å². The van der Waals surface area contributed by atoms with Gasteiger partial charge in [-0.25, -0.2) is 0 Å². The van der Waals surface area contributed by atoms with Crippen LogP contribution in [0, 0.1) is 0 Å². The maximum atomic E-state index is 12.3. The minimum atomic E-state index is -0.358. The van der Waals surface area contributed by atoms with E-state index in [1.807, 2.05) is 12.1 Å². The van der Waals surface area contributed by atoms with Gasteiger partial charge in [-0.1, -0.05) is 11.6 Å². The first-order valence-corrected chi connectivity index (χ1v) is 8.19. The summed E-state index contributed by atoms with van der Waals surface area (Å²) in [5.41, 5.74) is 2.13. The average molecular weight is 367 g/mol. The summed E-state index contributed by atoms with van der Waals surface area (Å²) >= 11 is 5.82. The van der Waals surface area contributed by atoms with Gasteiger partial charge in [0.05, 0.1) is 11.1 Å². The first-order chi connectivity index (χ1) is 12.6. The molecule has 0 saturated carbocycles. The average Bonchev–Trinajstić information content (AvgIpc) is 2.69. The number of rotatable bonds is 5. The molecule has 0 aliphatic carbocycles. The monoisotopic (exact) mass is 366 g/mol. The lowest BCUT2D eigenvalue weighted by Gasteiger charge is -2.08. The van der Waals surface area contributed by atoms with Crippen molar-refractivity contribution in [2.45, 2.75) is 6.54 Å². The molecular formula is C19H15ClN4O2. The third-order valence-electron chi connectivity index (χ3n) is 3.57. The smallest absolute Gasteiger partial charge is 0.257 e. The largest absolute Gasteiger partial charge is 0.348 e. The maximum Gasteiger partial charge on any atom is 0.257 e. The van der Waals surface area contributed by atoms with Crippen molar-refractivity contribution in [1.29, 1.82) is 0 Å². The molecule has 130 valence electrons. The molecule has 0 atom stereocenters. The molecule has 7 heteroatoms. The van der Waals surface area contributed by atoms with Gasteiger partial charge >= 0.3 is 0 Å². The fourth-order valence-corrected chi connectivity index (χ4v) is 2.34. The molecule has 2 aromatic heterocycles. The lowest BCUT2D eigenvalue weighted by Crippen LogP contribution is -2.23. The molecule has 0 radical (unpaired) electrons. The molecule has 2 amide bonds. The quantitative estimate of drug-likeness (QED) is 0.725. The second kappa shape index (κ2) is 8.22. The van der Waals surface area contributed by atoms with Crippen LogP contribution in [0.5, 0.6) is 0 Å². The fourth-order valence-electron chi connectivity index (χ4n) is 2.21. The number of aromatic nitrogens is 2. The minimum absolute atomic E-state index is 0.288. The Morgan fingerprint density at radius 1 is 0.885 bits per heavy atom. The SMILES string of the molecule is O=C(NCc1ccncc1)c1cncc(C(=O)Nc2ccc(Cl)cc2)c1. The van der Waals surface area contributed by atoms with Gasteiger partial charge in [-0.05, 0) is 48.0 Å². The second-order valence-corrected chi connectivity index (χ2v) is 5.90. The molecule has 0 spiro atoms. The van der Waals surface area contributed by atoms with Gasteiger partial charge in [0.15, 0.2) is 0 Å². The fraction of sp³-hybridized carbons (Fsp3) is 0.0526. The van der Waals surface area contributed by atoms with E-state index in [0.29, 0.717) is 22.8 Å². The van der Waals surface area contributed by atoms with E-state index >= 15 is 0 Å². The van der Waals surface area contributed by atoms with Crippen molar-refractivity contribution in [3.05, 3.63) is 89.0 Å². The van der Waals surface area contributed by atoms with Gasteiger partial charge in [0, 0.05) is 42.0 Å². The van der Waals surface area contributed by atoms with Crippen LogP contribution < -0.4 is 10.6 Å². The zero-order valence-corrected chi connectivity index (χ0v) is 14.4. The molecule has 2 heterocycles. The van der Waals surface area contributed by atoms with E-state index in [4.69, 9.17) is 11.6 Å². The summed E-state index contributed by atoms with van der Waals surface area (Å²) in [5, 5.41) is 6.10. The molecule has 0 aliphatic heterocycles.